The van der Waals surface area contributed by atoms with Crippen LogP contribution in [-0.2, 0) is 11.2 Å². The van der Waals surface area contributed by atoms with Crippen molar-refractivity contribution in [3.8, 4) is 0 Å². The van der Waals surface area contributed by atoms with Crippen molar-refractivity contribution in [2.45, 2.75) is 46.1 Å². The molecule has 1 amide bonds. The molecule has 5 nitrogen and oxygen atoms in total. The minimum Gasteiger partial charge on any atom is -0.361 e. The molecule has 1 fully saturated rings. The summed E-state index contributed by atoms with van der Waals surface area (Å²) in [6, 6.07) is 0.452. The fourth-order valence-corrected chi connectivity index (χ4v) is 2.60. The molecule has 1 unspecified atom stereocenters. The van der Waals surface area contributed by atoms with Crippen LogP contribution in [0.15, 0.2) is 4.52 Å². The zero-order chi connectivity index (χ0) is 13.8. The number of nitrogens with one attached hydrogen (secondary N) is 1. The quantitative estimate of drug-likeness (QED) is 0.875. The van der Waals surface area contributed by atoms with E-state index in [0.29, 0.717) is 12.5 Å². The molecule has 106 valence electrons. The Hall–Kier alpha value is -1.36. The second kappa shape index (κ2) is 6.19. The van der Waals surface area contributed by atoms with Gasteiger partial charge in [-0.1, -0.05) is 5.16 Å². The van der Waals surface area contributed by atoms with Gasteiger partial charge in [0.25, 0.3) is 0 Å². The minimum atomic E-state index is 0.158. The summed E-state index contributed by atoms with van der Waals surface area (Å²) < 4.78 is 5.11. The molecule has 1 N–H and O–H groups in total. The van der Waals surface area contributed by atoms with E-state index < -0.39 is 0 Å². The Morgan fingerprint density at radius 3 is 2.84 bits per heavy atom. The SMILES string of the molecule is CCN(CC1CCCN1)C(=O)Cc1c(C)noc1C. The Labute approximate surface area is 114 Å². The molecular weight excluding hydrogens is 242 g/mol. The van der Waals surface area contributed by atoms with E-state index >= 15 is 0 Å². The number of amides is 1. The number of hydrogen-bond donors (Lipinski definition) is 1. The van der Waals surface area contributed by atoms with Crippen molar-refractivity contribution in [1.29, 1.82) is 0 Å². The lowest BCUT2D eigenvalue weighted by molar-refractivity contribution is -0.130. The molecule has 0 spiro atoms. The van der Waals surface area contributed by atoms with Crippen molar-refractivity contribution in [1.82, 2.24) is 15.4 Å². The van der Waals surface area contributed by atoms with Crippen molar-refractivity contribution >= 4 is 5.91 Å². The summed E-state index contributed by atoms with van der Waals surface area (Å²) in [5.41, 5.74) is 1.75. The number of carbonyl (C=O) groups excluding carboxylic acids is 1. The highest BCUT2D eigenvalue weighted by Crippen LogP contribution is 2.15. The lowest BCUT2D eigenvalue weighted by Crippen LogP contribution is -2.41. The maximum absolute atomic E-state index is 12.4. The third-order valence-electron chi connectivity index (χ3n) is 3.85. The number of aromatic nitrogens is 1. The van der Waals surface area contributed by atoms with Gasteiger partial charge in [-0.2, -0.15) is 0 Å². The standard InChI is InChI=1S/C14H23N3O2/c1-4-17(9-12-6-5-7-15-12)14(18)8-13-10(2)16-19-11(13)3/h12,15H,4-9H2,1-3H3. The second-order valence-corrected chi connectivity index (χ2v) is 5.21. The van der Waals surface area contributed by atoms with Gasteiger partial charge in [0.1, 0.15) is 5.76 Å². The Kier molecular flexibility index (Phi) is 4.58. The first-order valence-corrected chi connectivity index (χ1v) is 7.04. The van der Waals surface area contributed by atoms with Gasteiger partial charge >= 0.3 is 0 Å². The number of likely N-dealkylation sites (N-methyl/N-ethyl adjacent to an activating group) is 1. The van der Waals surface area contributed by atoms with Gasteiger partial charge in [0.2, 0.25) is 5.91 Å². The smallest absolute Gasteiger partial charge is 0.227 e. The fourth-order valence-electron chi connectivity index (χ4n) is 2.60. The fraction of sp³-hybridized carbons (Fsp3) is 0.714. The van der Waals surface area contributed by atoms with Gasteiger partial charge in [-0.15, -0.1) is 0 Å². The molecule has 0 radical (unpaired) electrons. The maximum atomic E-state index is 12.4. The molecule has 1 aliphatic heterocycles. The van der Waals surface area contributed by atoms with Crippen molar-refractivity contribution in [2.75, 3.05) is 19.6 Å². The summed E-state index contributed by atoms with van der Waals surface area (Å²) in [6.45, 7) is 8.39. The van der Waals surface area contributed by atoms with E-state index in [1.807, 2.05) is 25.7 Å². The van der Waals surface area contributed by atoms with Gasteiger partial charge < -0.3 is 14.7 Å². The van der Waals surface area contributed by atoms with Crippen molar-refractivity contribution in [3.63, 3.8) is 0 Å². The summed E-state index contributed by atoms with van der Waals surface area (Å²) in [5.74, 6) is 0.909. The number of hydrogen-bond acceptors (Lipinski definition) is 4. The summed E-state index contributed by atoms with van der Waals surface area (Å²) >= 11 is 0. The molecular formula is C14H23N3O2. The summed E-state index contributed by atoms with van der Waals surface area (Å²) in [6.07, 6.45) is 2.76. The van der Waals surface area contributed by atoms with Gasteiger partial charge in [0.05, 0.1) is 12.1 Å². The largest absolute Gasteiger partial charge is 0.361 e. The Bertz CT molecular complexity index is 416. The maximum Gasteiger partial charge on any atom is 0.227 e. The number of rotatable bonds is 5. The summed E-state index contributed by atoms with van der Waals surface area (Å²) in [7, 11) is 0. The first-order valence-electron chi connectivity index (χ1n) is 7.04. The molecule has 2 rings (SSSR count). The Balaban J connectivity index is 1.96. The van der Waals surface area contributed by atoms with E-state index in [1.54, 1.807) is 0 Å². The highest BCUT2D eigenvalue weighted by molar-refractivity contribution is 5.79. The highest BCUT2D eigenvalue weighted by Gasteiger charge is 2.22. The normalized spacial score (nSPS) is 18.8. The molecule has 0 aromatic carbocycles. The number of carbonyl (C=O) groups is 1. The number of aryl methyl sites for hydroxylation is 2. The second-order valence-electron chi connectivity index (χ2n) is 5.21. The molecule has 1 aromatic rings. The van der Waals surface area contributed by atoms with E-state index in [0.717, 1.165) is 43.1 Å². The third kappa shape index (κ3) is 3.35. The van der Waals surface area contributed by atoms with E-state index in [2.05, 4.69) is 10.5 Å². The van der Waals surface area contributed by atoms with Crippen molar-refractivity contribution in [2.24, 2.45) is 0 Å². The molecule has 19 heavy (non-hydrogen) atoms. The zero-order valence-corrected chi connectivity index (χ0v) is 12.0. The van der Waals surface area contributed by atoms with Crippen LogP contribution in [0.4, 0.5) is 0 Å². The van der Waals surface area contributed by atoms with Gasteiger partial charge in [-0.3, -0.25) is 4.79 Å². The van der Waals surface area contributed by atoms with Crippen LogP contribution < -0.4 is 5.32 Å². The topological polar surface area (TPSA) is 58.4 Å². The van der Waals surface area contributed by atoms with Gasteiger partial charge in [0.15, 0.2) is 0 Å². The van der Waals surface area contributed by atoms with Crippen molar-refractivity contribution < 1.29 is 9.32 Å². The van der Waals surface area contributed by atoms with Crippen LogP contribution in [0.5, 0.6) is 0 Å². The van der Waals surface area contributed by atoms with Gasteiger partial charge in [-0.25, -0.2) is 0 Å². The van der Waals surface area contributed by atoms with Crippen LogP contribution in [0.25, 0.3) is 0 Å². The highest BCUT2D eigenvalue weighted by atomic mass is 16.5. The predicted octanol–water partition coefficient (Wildman–Crippen LogP) is 1.43. The van der Waals surface area contributed by atoms with Crippen LogP contribution in [0, 0.1) is 13.8 Å². The molecule has 0 saturated carbocycles. The molecule has 1 saturated heterocycles. The monoisotopic (exact) mass is 265 g/mol. The zero-order valence-electron chi connectivity index (χ0n) is 12.0. The van der Waals surface area contributed by atoms with Crippen LogP contribution in [0.2, 0.25) is 0 Å². The molecule has 1 aliphatic rings. The molecule has 0 bridgehead atoms. The first-order chi connectivity index (χ1) is 9.11. The predicted molar refractivity (Wildman–Crippen MR) is 73.0 cm³/mol. The summed E-state index contributed by atoms with van der Waals surface area (Å²) in [4.78, 5) is 14.3. The van der Waals surface area contributed by atoms with Crippen LogP contribution >= 0.6 is 0 Å². The van der Waals surface area contributed by atoms with E-state index in [4.69, 9.17) is 4.52 Å². The minimum absolute atomic E-state index is 0.158. The molecule has 5 heteroatoms. The van der Waals surface area contributed by atoms with Crippen LogP contribution in [-0.4, -0.2) is 41.6 Å². The molecule has 1 atom stereocenters. The Morgan fingerprint density at radius 2 is 2.32 bits per heavy atom. The average molecular weight is 265 g/mol. The van der Waals surface area contributed by atoms with Gasteiger partial charge in [-0.05, 0) is 40.2 Å². The third-order valence-corrected chi connectivity index (χ3v) is 3.85. The average Bonchev–Trinajstić information content (AvgIpc) is 3.00. The summed E-state index contributed by atoms with van der Waals surface area (Å²) in [5, 5.41) is 7.33. The molecule has 1 aromatic heterocycles. The van der Waals surface area contributed by atoms with E-state index in [9.17, 15) is 4.79 Å². The molecule has 0 aliphatic carbocycles. The number of nitrogens with zero attached hydrogens (tertiary/aromatic N) is 2. The Morgan fingerprint density at radius 1 is 1.53 bits per heavy atom. The van der Waals surface area contributed by atoms with E-state index in [1.165, 1.54) is 6.42 Å². The lowest BCUT2D eigenvalue weighted by atomic mass is 10.1. The van der Waals surface area contributed by atoms with E-state index in [-0.39, 0.29) is 5.91 Å². The van der Waals surface area contributed by atoms with Crippen LogP contribution in [0.1, 0.15) is 36.8 Å². The molecule has 2 heterocycles. The van der Waals surface area contributed by atoms with Crippen molar-refractivity contribution in [3.05, 3.63) is 17.0 Å². The first kappa shape index (κ1) is 14.1. The van der Waals surface area contributed by atoms with Crippen LogP contribution in [0.3, 0.4) is 0 Å². The van der Waals surface area contributed by atoms with Gasteiger partial charge in [0, 0.05) is 24.7 Å². The lowest BCUT2D eigenvalue weighted by Gasteiger charge is -2.24.